The molecule has 24 heavy (non-hydrogen) atoms. The molecule has 5 nitrogen and oxygen atoms in total. The van der Waals surface area contributed by atoms with Crippen molar-refractivity contribution in [1.82, 2.24) is 0 Å². The molecule has 1 amide bonds. The number of carbonyl (C=O) groups is 1. The molecule has 0 fully saturated rings. The summed E-state index contributed by atoms with van der Waals surface area (Å²) in [4.78, 5) is 12.5. The number of carbonyl (C=O) groups excluding carboxylic acids is 1. The third kappa shape index (κ3) is 4.52. The highest BCUT2D eigenvalue weighted by molar-refractivity contribution is 6.05. The van der Waals surface area contributed by atoms with Gasteiger partial charge in [-0.2, -0.15) is 0 Å². The molecular weight excluding hydrogens is 306 g/mol. The van der Waals surface area contributed by atoms with Crippen LogP contribution in [0.4, 0.5) is 5.69 Å². The fourth-order valence-electron chi connectivity index (χ4n) is 2.03. The van der Waals surface area contributed by atoms with Gasteiger partial charge in [0, 0.05) is 11.6 Å². The maximum atomic E-state index is 12.5. The predicted octanol–water partition coefficient (Wildman–Crippen LogP) is 3.91. The summed E-state index contributed by atoms with van der Waals surface area (Å²) >= 11 is 0. The van der Waals surface area contributed by atoms with E-state index in [9.17, 15) is 4.79 Å². The maximum absolute atomic E-state index is 12.5. The lowest BCUT2D eigenvalue weighted by atomic mass is 10.2. The summed E-state index contributed by atoms with van der Waals surface area (Å²) in [5.74, 6) is 1.55. The Morgan fingerprint density at radius 1 is 1.08 bits per heavy atom. The van der Waals surface area contributed by atoms with Crippen molar-refractivity contribution in [2.45, 2.75) is 6.92 Å². The molecule has 0 aliphatic carbocycles. The van der Waals surface area contributed by atoms with Crippen LogP contribution in [-0.2, 0) is 0 Å². The van der Waals surface area contributed by atoms with Crippen molar-refractivity contribution < 1.29 is 19.0 Å². The Morgan fingerprint density at radius 2 is 1.88 bits per heavy atom. The highest BCUT2D eigenvalue weighted by Gasteiger charge is 2.11. The lowest BCUT2D eigenvalue weighted by Crippen LogP contribution is -2.13. The SMILES string of the molecule is C=C(C)COc1cccc(C(=O)Nc2ccc(OC)cc2OC)c1. The summed E-state index contributed by atoms with van der Waals surface area (Å²) < 4.78 is 16.0. The van der Waals surface area contributed by atoms with Crippen LogP contribution in [0.25, 0.3) is 0 Å². The quantitative estimate of drug-likeness (QED) is 0.783. The average Bonchev–Trinajstić information content (AvgIpc) is 2.60. The largest absolute Gasteiger partial charge is 0.497 e. The van der Waals surface area contributed by atoms with E-state index < -0.39 is 0 Å². The third-order valence-electron chi connectivity index (χ3n) is 3.24. The number of nitrogens with one attached hydrogen (secondary N) is 1. The summed E-state index contributed by atoms with van der Waals surface area (Å²) in [7, 11) is 3.11. The van der Waals surface area contributed by atoms with Crippen LogP contribution in [0.15, 0.2) is 54.6 Å². The summed E-state index contributed by atoms with van der Waals surface area (Å²) in [6.07, 6.45) is 0. The number of anilines is 1. The number of hydrogen-bond donors (Lipinski definition) is 1. The van der Waals surface area contributed by atoms with Crippen molar-refractivity contribution in [3.8, 4) is 17.2 Å². The standard InChI is InChI=1S/C19H21NO4/c1-13(2)12-24-16-7-5-6-14(10-16)19(21)20-17-9-8-15(22-3)11-18(17)23-4/h5-11H,1,12H2,2-4H3,(H,20,21). The molecule has 2 aromatic carbocycles. The number of benzene rings is 2. The molecule has 0 bridgehead atoms. The van der Waals surface area contributed by atoms with Gasteiger partial charge in [-0.3, -0.25) is 4.79 Å². The number of ether oxygens (including phenoxy) is 3. The first-order chi connectivity index (χ1) is 11.5. The zero-order chi connectivity index (χ0) is 17.5. The van der Waals surface area contributed by atoms with E-state index in [1.807, 2.05) is 6.92 Å². The molecule has 0 aromatic heterocycles. The Hall–Kier alpha value is -2.95. The van der Waals surface area contributed by atoms with Crippen LogP contribution in [0, 0.1) is 0 Å². The molecule has 0 aliphatic heterocycles. The van der Waals surface area contributed by atoms with Gasteiger partial charge in [0.1, 0.15) is 23.9 Å². The molecule has 0 heterocycles. The molecule has 2 aromatic rings. The van der Waals surface area contributed by atoms with Gasteiger partial charge in [0.25, 0.3) is 5.91 Å². The molecule has 0 aliphatic rings. The van der Waals surface area contributed by atoms with E-state index in [1.54, 1.807) is 49.6 Å². The van der Waals surface area contributed by atoms with E-state index >= 15 is 0 Å². The normalized spacial score (nSPS) is 9.96. The van der Waals surface area contributed by atoms with Gasteiger partial charge in [-0.25, -0.2) is 0 Å². The highest BCUT2D eigenvalue weighted by Crippen LogP contribution is 2.29. The molecule has 0 atom stereocenters. The van der Waals surface area contributed by atoms with E-state index in [4.69, 9.17) is 14.2 Å². The predicted molar refractivity (Wildman–Crippen MR) is 94.3 cm³/mol. The smallest absolute Gasteiger partial charge is 0.255 e. The minimum atomic E-state index is -0.251. The van der Waals surface area contributed by atoms with Crippen molar-refractivity contribution in [2.24, 2.45) is 0 Å². The summed E-state index contributed by atoms with van der Waals surface area (Å²) in [5, 5.41) is 2.83. The lowest BCUT2D eigenvalue weighted by molar-refractivity contribution is 0.102. The number of methoxy groups -OCH3 is 2. The van der Waals surface area contributed by atoms with Gasteiger partial charge in [0.15, 0.2) is 0 Å². The Kier molecular flexibility index (Phi) is 5.84. The van der Waals surface area contributed by atoms with Crippen LogP contribution in [-0.4, -0.2) is 26.7 Å². The highest BCUT2D eigenvalue weighted by atomic mass is 16.5. The molecule has 0 spiro atoms. The molecule has 126 valence electrons. The maximum Gasteiger partial charge on any atom is 0.255 e. The van der Waals surface area contributed by atoms with E-state index in [2.05, 4.69) is 11.9 Å². The molecule has 5 heteroatoms. The zero-order valence-corrected chi connectivity index (χ0v) is 14.1. The van der Waals surface area contributed by atoms with Crippen molar-refractivity contribution in [2.75, 3.05) is 26.1 Å². The molecule has 2 rings (SSSR count). The van der Waals surface area contributed by atoms with E-state index in [-0.39, 0.29) is 5.91 Å². The summed E-state index contributed by atoms with van der Waals surface area (Å²) in [6.45, 7) is 6.08. The molecule has 0 saturated heterocycles. The second kappa shape index (κ2) is 8.06. The van der Waals surface area contributed by atoms with Gasteiger partial charge in [-0.1, -0.05) is 12.6 Å². The monoisotopic (exact) mass is 327 g/mol. The lowest BCUT2D eigenvalue weighted by Gasteiger charge is -2.12. The van der Waals surface area contributed by atoms with Gasteiger partial charge in [0.2, 0.25) is 0 Å². The van der Waals surface area contributed by atoms with Crippen molar-refractivity contribution in [1.29, 1.82) is 0 Å². The van der Waals surface area contributed by atoms with Gasteiger partial charge in [-0.15, -0.1) is 0 Å². The zero-order valence-electron chi connectivity index (χ0n) is 14.1. The first-order valence-corrected chi connectivity index (χ1v) is 7.44. The Balaban J connectivity index is 2.15. The minimum Gasteiger partial charge on any atom is -0.497 e. The van der Waals surface area contributed by atoms with Crippen LogP contribution in [0.1, 0.15) is 17.3 Å². The van der Waals surface area contributed by atoms with Crippen LogP contribution in [0.2, 0.25) is 0 Å². The van der Waals surface area contributed by atoms with Crippen molar-refractivity contribution in [3.05, 3.63) is 60.2 Å². The van der Waals surface area contributed by atoms with Crippen LogP contribution >= 0.6 is 0 Å². The van der Waals surface area contributed by atoms with Crippen LogP contribution in [0.5, 0.6) is 17.2 Å². The summed E-state index contributed by atoms with van der Waals surface area (Å²) in [5.41, 5.74) is 1.97. The molecule has 0 radical (unpaired) electrons. The van der Waals surface area contributed by atoms with Crippen molar-refractivity contribution >= 4 is 11.6 Å². The molecule has 0 saturated carbocycles. The van der Waals surface area contributed by atoms with E-state index in [1.165, 1.54) is 7.11 Å². The first kappa shape index (κ1) is 17.4. The Morgan fingerprint density at radius 3 is 2.54 bits per heavy atom. The third-order valence-corrected chi connectivity index (χ3v) is 3.24. The van der Waals surface area contributed by atoms with E-state index in [0.717, 1.165) is 5.57 Å². The van der Waals surface area contributed by atoms with Crippen molar-refractivity contribution in [3.63, 3.8) is 0 Å². The topological polar surface area (TPSA) is 56.8 Å². The van der Waals surface area contributed by atoms with Gasteiger partial charge < -0.3 is 19.5 Å². The van der Waals surface area contributed by atoms with Gasteiger partial charge >= 0.3 is 0 Å². The number of hydrogen-bond acceptors (Lipinski definition) is 4. The number of rotatable bonds is 7. The van der Waals surface area contributed by atoms with E-state index in [0.29, 0.717) is 35.1 Å². The van der Waals surface area contributed by atoms with Crippen LogP contribution in [0.3, 0.4) is 0 Å². The fraction of sp³-hybridized carbons (Fsp3) is 0.211. The fourth-order valence-corrected chi connectivity index (χ4v) is 2.03. The molecule has 0 unspecified atom stereocenters. The Labute approximate surface area is 141 Å². The minimum absolute atomic E-state index is 0.251. The average molecular weight is 327 g/mol. The Bertz CT molecular complexity index is 740. The summed E-state index contributed by atoms with van der Waals surface area (Å²) in [6, 6.07) is 12.2. The molecular formula is C19H21NO4. The van der Waals surface area contributed by atoms with Gasteiger partial charge in [0.05, 0.1) is 19.9 Å². The second-order valence-electron chi connectivity index (χ2n) is 5.29. The molecule has 1 N–H and O–H groups in total. The van der Waals surface area contributed by atoms with Crippen LogP contribution < -0.4 is 19.5 Å². The second-order valence-corrected chi connectivity index (χ2v) is 5.29. The number of amides is 1. The van der Waals surface area contributed by atoms with Gasteiger partial charge in [-0.05, 0) is 42.8 Å². The first-order valence-electron chi connectivity index (χ1n) is 7.44.